The van der Waals surface area contributed by atoms with Crippen LogP contribution in [-0.4, -0.2) is 25.1 Å². The van der Waals surface area contributed by atoms with Crippen LogP contribution in [0.3, 0.4) is 0 Å². The van der Waals surface area contributed by atoms with Crippen molar-refractivity contribution in [2.24, 2.45) is 0 Å². The lowest BCUT2D eigenvalue weighted by Gasteiger charge is -2.29. The van der Waals surface area contributed by atoms with Gasteiger partial charge in [0.2, 0.25) is 0 Å². The van der Waals surface area contributed by atoms with Crippen molar-refractivity contribution in [3.8, 4) is 11.1 Å². The molecular formula is C30H33F3O. The number of alkyl halides is 2. The molecule has 2 aliphatic rings. The summed E-state index contributed by atoms with van der Waals surface area (Å²) in [6.45, 7) is 4.40. The summed E-state index contributed by atoms with van der Waals surface area (Å²) >= 11 is 0. The second-order valence-corrected chi connectivity index (χ2v) is 9.21. The summed E-state index contributed by atoms with van der Waals surface area (Å²) in [6, 6.07) is 12.6. The van der Waals surface area contributed by atoms with Crippen LogP contribution in [0.5, 0.6) is 0 Å². The van der Waals surface area contributed by atoms with E-state index in [9.17, 15) is 8.78 Å². The van der Waals surface area contributed by atoms with Crippen LogP contribution >= 0.6 is 0 Å². The molecule has 34 heavy (non-hydrogen) atoms. The Morgan fingerprint density at radius 1 is 0.941 bits per heavy atom. The predicted molar refractivity (Wildman–Crippen MR) is 134 cm³/mol. The molecule has 4 atom stereocenters. The van der Waals surface area contributed by atoms with E-state index < -0.39 is 12.3 Å². The van der Waals surface area contributed by atoms with Crippen LogP contribution in [0, 0.1) is 5.82 Å². The Hall–Kier alpha value is -2.59. The van der Waals surface area contributed by atoms with Gasteiger partial charge in [-0.05, 0) is 78.5 Å². The second-order valence-electron chi connectivity index (χ2n) is 9.21. The van der Waals surface area contributed by atoms with E-state index in [1.54, 1.807) is 30.4 Å². The second kappa shape index (κ2) is 11.2. The zero-order chi connectivity index (χ0) is 24.1. The fourth-order valence-electron chi connectivity index (χ4n) is 4.92. The molecule has 1 heterocycles. The summed E-state index contributed by atoms with van der Waals surface area (Å²) in [5.74, 6) is -0.150. The molecule has 1 aliphatic carbocycles. The molecule has 0 spiro atoms. The molecule has 2 aromatic rings. The molecule has 1 saturated heterocycles. The van der Waals surface area contributed by atoms with Crippen molar-refractivity contribution in [2.45, 2.75) is 70.3 Å². The Balaban J connectivity index is 1.43. The van der Waals surface area contributed by atoms with Gasteiger partial charge in [0.15, 0.2) is 12.3 Å². The molecule has 0 saturated carbocycles. The molecule has 0 amide bonds. The Bertz CT molecular complexity index is 1060. The van der Waals surface area contributed by atoms with Gasteiger partial charge in [-0.25, -0.2) is 13.2 Å². The maximum Gasteiger partial charge on any atom is 0.161 e. The summed E-state index contributed by atoms with van der Waals surface area (Å²) in [5, 5.41) is 0. The van der Waals surface area contributed by atoms with Gasteiger partial charge < -0.3 is 4.74 Å². The normalized spacial score (nSPS) is 25.3. The summed E-state index contributed by atoms with van der Waals surface area (Å²) in [4.78, 5) is 0. The van der Waals surface area contributed by atoms with Crippen molar-refractivity contribution in [3.05, 3.63) is 89.3 Å². The highest BCUT2D eigenvalue weighted by Gasteiger charge is 2.30. The van der Waals surface area contributed by atoms with Gasteiger partial charge in [-0.1, -0.05) is 67.6 Å². The molecule has 1 aliphatic heterocycles. The van der Waals surface area contributed by atoms with Crippen molar-refractivity contribution in [1.82, 2.24) is 0 Å². The average Bonchev–Trinajstić information content (AvgIpc) is 2.86. The minimum Gasteiger partial charge on any atom is -0.378 e. The molecule has 2 aromatic carbocycles. The lowest BCUT2D eigenvalue weighted by molar-refractivity contribution is -0.000797. The molecule has 4 unspecified atom stereocenters. The molecule has 4 heteroatoms. The fourth-order valence-corrected chi connectivity index (χ4v) is 4.92. The largest absolute Gasteiger partial charge is 0.378 e. The maximum atomic E-state index is 15.0. The van der Waals surface area contributed by atoms with Gasteiger partial charge >= 0.3 is 0 Å². The molecular weight excluding hydrogens is 433 g/mol. The first kappa shape index (κ1) is 24.5. The number of allylic oxidation sites excluding steroid dienone is 6. The lowest BCUT2D eigenvalue weighted by Crippen LogP contribution is -2.25. The maximum absolute atomic E-state index is 15.0. The molecule has 0 N–H and O–H groups in total. The average molecular weight is 467 g/mol. The highest BCUT2D eigenvalue weighted by atomic mass is 19.2. The third-order valence-electron chi connectivity index (χ3n) is 7.05. The highest BCUT2D eigenvalue weighted by molar-refractivity contribution is 5.75. The third kappa shape index (κ3) is 5.38. The van der Waals surface area contributed by atoms with Gasteiger partial charge in [0.25, 0.3) is 0 Å². The summed E-state index contributed by atoms with van der Waals surface area (Å²) < 4.78 is 50.0. The van der Waals surface area contributed by atoms with E-state index in [4.69, 9.17) is 4.74 Å². The van der Waals surface area contributed by atoms with Crippen LogP contribution in [0.2, 0.25) is 0 Å². The smallest absolute Gasteiger partial charge is 0.161 e. The topological polar surface area (TPSA) is 9.23 Å². The van der Waals surface area contributed by atoms with Crippen LogP contribution in [0.1, 0.15) is 63.0 Å². The molecule has 4 rings (SSSR count). The van der Waals surface area contributed by atoms with Crippen molar-refractivity contribution in [3.63, 3.8) is 0 Å². The van der Waals surface area contributed by atoms with Gasteiger partial charge in [-0.2, -0.15) is 0 Å². The van der Waals surface area contributed by atoms with Crippen molar-refractivity contribution in [2.75, 3.05) is 6.61 Å². The lowest BCUT2D eigenvalue weighted by atomic mass is 9.87. The van der Waals surface area contributed by atoms with E-state index >= 15 is 4.39 Å². The number of rotatable bonds is 7. The Morgan fingerprint density at radius 2 is 1.68 bits per heavy atom. The van der Waals surface area contributed by atoms with Crippen LogP contribution in [0.25, 0.3) is 16.7 Å². The number of halogens is 3. The van der Waals surface area contributed by atoms with Crippen LogP contribution in [0.4, 0.5) is 13.2 Å². The van der Waals surface area contributed by atoms with E-state index in [0.29, 0.717) is 35.3 Å². The zero-order valence-electron chi connectivity index (χ0n) is 19.9. The van der Waals surface area contributed by atoms with Crippen LogP contribution < -0.4 is 0 Å². The van der Waals surface area contributed by atoms with E-state index in [1.807, 2.05) is 38.1 Å². The molecule has 0 aromatic heterocycles. The van der Waals surface area contributed by atoms with Gasteiger partial charge in [0.05, 0.1) is 12.7 Å². The fraction of sp³-hybridized carbons (Fsp3) is 0.400. The van der Waals surface area contributed by atoms with Gasteiger partial charge in [0.1, 0.15) is 5.82 Å². The minimum absolute atomic E-state index is 0.0730. The SMILES string of the molecule is C/C=C/CCC1CCC(c2ccc(-c3ccc(C4=CC=C(CC)C(F)C4F)cc3)cc2F)CO1. The van der Waals surface area contributed by atoms with Gasteiger partial charge in [-0.15, -0.1) is 0 Å². The van der Waals surface area contributed by atoms with Crippen molar-refractivity contribution in [1.29, 1.82) is 0 Å². The number of hydrogen-bond acceptors (Lipinski definition) is 1. The molecule has 1 fully saturated rings. The molecule has 0 radical (unpaired) electrons. The monoisotopic (exact) mass is 466 g/mol. The Kier molecular flexibility index (Phi) is 8.10. The van der Waals surface area contributed by atoms with E-state index in [-0.39, 0.29) is 17.8 Å². The van der Waals surface area contributed by atoms with E-state index in [0.717, 1.165) is 36.8 Å². The predicted octanol–water partition coefficient (Wildman–Crippen LogP) is 8.52. The van der Waals surface area contributed by atoms with Gasteiger partial charge in [-0.3, -0.25) is 0 Å². The quantitative estimate of drug-likeness (QED) is 0.372. The minimum atomic E-state index is -1.66. The Labute approximate surface area is 201 Å². The molecule has 0 bridgehead atoms. The van der Waals surface area contributed by atoms with Crippen LogP contribution in [0.15, 0.2) is 72.3 Å². The van der Waals surface area contributed by atoms with Crippen molar-refractivity contribution >= 4 is 5.57 Å². The van der Waals surface area contributed by atoms with E-state index in [1.165, 1.54) is 0 Å². The molecule has 1 nitrogen and oxygen atoms in total. The van der Waals surface area contributed by atoms with E-state index in [2.05, 4.69) is 12.2 Å². The van der Waals surface area contributed by atoms with Crippen molar-refractivity contribution < 1.29 is 17.9 Å². The highest BCUT2D eigenvalue weighted by Crippen LogP contribution is 2.35. The first-order valence-electron chi connectivity index (χ1n) is 12.3. The summed E-state index contributed by atoms with van der Waals surface area (Å²) in [5.41, 5.74) is 3.78. The van der Waals surface area contributed by atoms with Gasteiger partial charge in [0, 0.05) is 5.92 Å². The number of benzene rings is 2. The number of ether oxygens (including phenoxy) is 1. The van der Waals surface area contributed by atoms with Crippen LogP contribution in [-0.2, 0) is 4.74 Å². The zero-order valence-corrected chi connectivity index (χ0v) is 19.9. The number of hydrogen-bond donors (Lipinski definition) is 0. The molecule has 180 valence electrons. The standard InChI is InChI=1S/C30H33F3O/c1-3-5-6-7-25-15-12-24(19-34-25)26-16-14-23(18-28(26)31)21-8-10-22(11-9-21)27-17-13-20(4-2)29(32)30(27)33/h3,5,8-11,13-14,16-18,24-25,29-30H,4,6-7,12,15,19H2,1-2H3/b5-3+. The third-order valence-corrected chi connectivity index (χ3v) is 7.05. The Morgan fingerprint density at radius 3 is 2.32 bits per heavy atom. The summed E-state index contributed by atoms with van der Waals surface area (Å²) in [6.07, 6.45) is 8.94. The summed E-state index contributed by atoms with van der Waals surface area (Å²) in [7, 11) is 0. The first-order chi connectivity index (χ1) is 16.5. The first-order valence-corrected chi connectivity index (χ1v) is 12.3.